The summed E-state index contributed by atoms with van der Waals surface area (Å²) in [6, 6.07) is 0. The molecule has 3 saturated carbocycles. The molecular formula is C23H30O6. The van der Waals surface area contributed by atoms with Crippen molar-refractivity contribution in [2.75, 3.05) is 0 Å². The first-order valence-electron chi connectivity index (χ1n) is 10.8. The van der Waals surface area contributed by atoms with Crippen molar-refractivity contribution in [3.8, 4) is 0 Å². The Bertz CT molecular complexity index is 797. The van der Waals surface area contributed by atoms with E-state index in [1.807, 2.05) is 0 Å². The third-order valence-electron chi connectivity index (χ3n) is 8.48. The molecule has 0 amide bonds. The third kappa shape index (κ3) is 3.24. The highest BCUT2D eigenvalue weighted by Gasteiger charge is 2.61. The molecule has 3 fully saturated rings. The predicted molar refractivity (Wildman–Crippen MR) is 104 cm³/mol. The maximum absolute atomic E-state index is 12.6. The van der Waals surface area contributed by atoms with Crippen molar-refractivity contribution in [1.82, 2.24) is 0 Å². The number of carboxylic acid groups (broad SMARTS) is 1. The number of fused-ring (bicyclic) bond motifs is 5. The molecule has 1 N–H and O–H groups in total. The Morgan fingerprint density at radius 1 is 1.07 bits per heavy atom. The number of ketones is 2. The fourth-order valence-corrected chi connectivity index (χ4v) is 6.89. The smallest absolute Gasteiger partial charge is 0.306 e. The summed E-state index contributed by atoms with van der Waals surface area (Å²) in [7, 11) is 0. The number of Topliss-reactive ketones (excluding diaryl/α,β-unsaturated/α-hetero) is 1. The number of aliphatic carboxylic acids is 1. The molecule has 6 heteroatoms. The number of carbonyl (C=O) groups is 4. The van der Waals surface area contributed by atoms with Crippen LogP contribution in [-0.2, 0) is 23.9 Å². The van der Waals surface area contributed by atoms with Gasteiger partial charge < -0.3 is 9.84 Å². The van der Waals surface area contributed by atoms with Gasteiger partial charge in [-0.2, -0.15) is 0 Å². The highest BCUT2D eigenvalue weighted by Crippen LogP contribution is 2.64. The van der Waals surface area contributed by atoms with Gasteiger partial charge in [-0.05, 0) is 66.9 Å². The van der Waals surface area contributed by atoms with Gasteiger partial charge in [0.2, 0.25) is 0 Å². The van der Waals surface area contributed by atoms with Gasteiger partial charge in [-0.1, -0.05) is 13.8 Å². The molecule has 0 aliphatic heterocycles. The molecule has 0 aromatic rings. The zero-order chi connectivity index (χ0) is 21.0. The molecule has 0 heterocycles. The lowest BCUT2D eigenvalue weighted by Gasteiger charge is -2.58. The summed E-state index contributed by atoms with van der Waals surface area (Å²) in [4.78, 5) is 48.0. The van der Waals surface area contributed by atoms with Gasteiger partial charge in [0.1, 0.15) is 11.9 Å². The summed E-state index contributed by atoms with van der Waals surface area (Å²) in [5.41, 5.74) is 0.425. The number of rotatable bonds is 4. The maximum Gasteiger partial charge on any atom is 0.306 e. The van der Waals surface area contributed by atoms with Crippen LogP contribution in [0.2, 0.25) is 0 Å². The number of ether oxygens (including phenoxy) is 1. The van der Waals surface area contributed by atoms with E-state index in [0.29, 0.717) is 36.9 Å². The average molecular weight is 402 g/mol. The second-order valence-corrected chi connectivity index (χ2v) is 9.89. The van der Waals surface area contributed by atoms with Gasteiger partial charge in [0.25, 0.3) is 0 Å². The minimum Gasteiger partial charge on any atom is -0.481 e. The second-order valence-electron chi connectivity index (χ2n) is 9.89. The van der Waals surface area contributed by atoms with Gasteiger partial charge in [0.05, 0.1) is 12.8 Å². The van der Waals surface area contributed by atoms with Crippen LogP contribution in [0, 0.1) is 28.6 Å². The predicted octanol–water partition coefficient (Wildman–Crippen LogP) is 3.47. The molecule has 4 aliphatic rings. The van der Waals surface area contributed by atoms with Crippen LogP contribution >= 0.6 is 0 Å². The molecule has 29 heavy (non-hydrogen) atoms. The molecule has 6 atom stereocenters. The number of carbonyl (C=O) groups excluding carboxylic acids is 3. The van der Waals surface area contributed by atoms with Gasteiger partial charge in [0.15, 0.2) is 5.78 Å². The van der Waals surface area contributed by atoms with Crippen molar-refractivity contribution in [3.05, 3.63) is 11.6 Å². The van der Waals surface area contributed by atoms with Crippen LogP contribution in [0.25, 0.3) is 0 Å². The van der Waals surface area contributed by atoms with Crippen molar-refractivity contribution in [3.63, 3.8) is 0 Å². The van der Waals surface area contributed by atoms with E-state index < -0.39 is 18.0 Å². The van der Waals surface area contributed by atoms with Crippen molar-refractivity contribution < 1.29 is 29.0 Å². The summed E-state index contributed by atoms with van der Waals surface area (Å²) in [6.07, 6.45) is 6.03. The minimum atomic E-state index is -1.03. The molecule has 6 nitrogen and oxygen atoms in total. The molecule has 0 saturated heterocycles. The van der Waals surface area contributed by atoms with Crippen LogP contribution in [0.3, 0.4) is 0 Å². The summed E-state index contributed by atoms with van der Waals surface area (Å²) >= 11 is 0. The lowest BCUT2D eigenvalue weighted by atomic mass is 9.47. The first kappa shape index (κ1) is 20.3. The quantitative estimate of drug-likeness (QED) is 0.723. The van der Waals surface area contributed by atoms with E-state index in [4.69, 9.17) is 9.84 Å². The van der Waals surface area contributed by atoms with Crippen LogP contribution in [0.15, 0.2) is 11.6 Å². The van der Waals surface area contributed by atoms with Crippen LogP contribution in [0.1, 0.15) is 71.6 Å². The lowest BCUT2D eigenvalue weighted by Crippen LogP contribution is -2.54. The van der Waals surface area contributed by atoms with Crippen molar-refractivity contribution >= 4 is 23.5 Å². The van der Waals surface area contributed by atoms with E-state index in [1.165, 1.54) is 0 Å². The van der Waals surface area contributed by atoms with E-state index in [1.54, 1.807) is 6.08 Å². The topological polar surface area (TPSA) is 97.7 Å². The molecule has 4 rings (SSSR count). The van der Waals surface area contributed by atoms with E-state index >= 15 is 0 Å². The second kappa shape index (κ2) is 7.06. The van der Waals surface area contributed by atoms with Gasteiger partial charge in [-0.15, -0.1) is 0 Å². The molecule has 0 aromatic heterocycles. The largest absolute Gasteiger partial charge is 0.481 e. The molecule has 4 aliphatic carbocycles. The first-order chi connectivity index (χ1) is 13.6. The Hall–Kier alpha value is -1.98. The van der Waals surface area contributed by atoms with Gasteiger partial charge in [-0.25, -0.2) is 0 Å². The van der Waals surface area contributed by atoms with Crippen LogP contribution in [0.5, 0.6) is 0 Å². The number of esters is 1. The number of hydrogen-bond acceptors (Lipinski definition) is 5. The van der Waals surface area contributed by atoms with Crippen molar-refractivity contribution in [1.29, 1.82) is 0 Å². The zero-order valence-electron chi connectivity index (χ0n) is 17.2. The van der Waals surface area contributed by atoms with E-state index in [0.717, 1.165) is 31.3 Å². The highest BCUT2D eigenvalue weighted by molar-refractivity contribution is 5.92. The Morgan fingerprint density at radius 3 is 2.52 bits per heavy atom. The first-order valence-corrected chi connectivity index (χ1v) is 10.8. The van der Waals surface area contributed by atoms with Crippen LogP contribution in [0.4, 0.5) is 0 Å². The van der Waals surface area contributed by atoms with E-state index in [9.17, 15) is 19.2 Å². The van der Waals surface area contributed by atoms with E-state index in [2.05, 4.69) is 13.8 Å². The molecule has 0 radical (unpaired) electrons. The lowest BCUT2D eigenvalue weighted by molar-refractivity contribution is -0.158. The van der Waals surface area contributed by atoms with Crippen molar-refractivity contribution in [2.24, 2.45) is 28.6 Å². The SMILES string of the molecule is C[C@]12CCC(=O)C=C1[C@H](OC(=O)CCC(=O)O)CC1C2CC[C@]2(C)C(=O)CCC12. The Morgan fingerprint density at radius 2 is 1.79 bits per heavy atom. The Kier molecular flexibility index (Phi) is 4.94. The molecule has 158 valence electrons. The fraction of sp³-hybridized carbons (Fsp3) is 0.739. The summed E-state index contributed by atoms with van der Waals surface area (Å²) < 4.78 is 5.77. The number of hydrogen-bond donors (Lipinski definition) is 1. The summed E-state index contributed by atoms with van der Waals surface area (Å²) in [5.74, 6) is -0.161. The molecule has 0 bridgehead atoms. The normalized spacial score (nSPS) is 41.1. The molecule has 0 aromatic carbocycles. The van der Waals surface area contributed by atoms with E-state index in [-0.39, 0.29) is 35.4 Å². The van der Waals surface area contributed by atoms with Gasteiger partial charge >= 0.3 is 11.9 Å². The maximum atomic E-state index is 12.6. The van der Waals surface area contributed by atoms with Crippen LogP contribution in [-0.4, -0.2) is 34.7 Å². The monoisotopic (exact) mass is 402 g/mol. The van der Waals surface area contributed by atoms with Gasteiger partial charge in [-0.3, -0.25) is 19.2 Å². The van der Waals surface area contributed by atoms with Gasteiger partial charge in [0, 0.05) is 18.3 Å². The van der Waals surface area contributed by atoms with Crippen LogP contribution < -0.4 is 0 Å². The third-order valence-corrected chi connectivity index (χ3v) is 8.48. The number of carboxylic acids is 1. The standard InChI is InChI=1S/C23H30O6/c1-22-9-7-13(24)11-17(22)18(29-21(28)6-5-20(26)27)12-14-15-3-4-19(25)23(15,2)10-8-16(14)22/h11,14-16,18H,3-10,12H2,1-2H3,(H,26,27)/t14?,15?,16?,18-,22-,23+/m1/s1. The summed E-state index contributed by atoms with van der Waals surface area (Å²) in [6.45, 7) is 4.30. The Balaban J connectivity index is 1.65. The fourth-order valence-electron chi connectivity index (χ4n) is 6.89. The average Bonchev–Trinajstić information content (AvgIpc) is 2.96. The highest BCUT2D eigenvalue weighted by atomic mass is 16.5. The zero-order valence-corrected chi connectivity index (χ0v) is 17.2. The minimum absolute atomic E-state index is 0.0687. The molecule has 0 spiro atoms. The Labute approximate surface area is 171 Å². The summed E-state index contributed by atoms with van der Waals surface area (Å²) in [5, 5.41) is 8.85. The molecule has 3 unspecified atom stereocenters. The molecular weight excluding hydrogens is 372 g/mol. The van der Waals surface area contributed by atoms with Crippen molar-refractivity contribution in [2.45, 2.75) is 77.7 Å².